The minimum Gasteiger partial charge on any atom is -0.384 e. The summed E-state index contributed by atoms with van der Waals surface area (Å²) in [7, 11) is 0. The van der Waals surface area contributed by atoms with Gasteiger partial charge >= 0.3 is 0 Å². The number of likely N-dealkylation sites (N-methyl/N-ethyl adjacent to an activating group) is 1. The standard InChI is InChI=1S/C16H25N3O/c1-3-18-10-12-19(13-11-18)16(20)8-9-17-15-7-5-4-6-14(15)2/h4-7,17H,3,8-13H2,1-2H3. The number of nitrogens with one attached hydrogen (secondary N) is 1. The van der Waals surface area contributed by atoms with Crippen molar-refractivity contribution in [1.29, 1.82) is 0 Å². The number of hydrogen-bond donors (Lipinski definition) is 1. The lowest BCUT2D eigenvalue weighted by Gasteiger charge is -2.34. The number of amides is 1. The molecule has 4 nitrogen and oxygen atoms in total. The Hall–Kier alpha value is -1.55. The molecule has 0 spiro atoms. The Morgan fingerprint density at radius 2 is 1.90 bits per heavy atom. The van der Waals surface area contributed by atoms with Crippen molar-refractivity contribution in [3.05, 3.63) is 29.8 Å². The van der Waals surface area contributed by atoms with Gasteiger partial charge in [0.1, 0.15) is 0 Å². The van der Waals surface area contributed by atoms with E-state index in [1.165, 1.54) is 5.56 Å². The van der Waals surface area contributed by atoms with Crippen LogP contribution in [0.2, 0.25) is 0 Å². The van der Waals surface area contributed by atoms with Gasteiger partial charge in [-0.1, -0.05) is 25.1 Å². The van der Waals surface area contributed by atoms with Gasteiger partial charge in [0, 0.05) is 44.8 Å². The molecule has 4 heteroatoms. The Kier molecular flexibility index (Phi) is 5.41. The number of aryl methyl sites for hydroxylation is 1. The zero-order chi connectivity index (χ0) is 14.4. The molecular weight excluding hydrogens is 250 g/mol. The lowest BCUT2D eigenvalue weighted by atomic mass is 10.2. The molecule has 1 aromatic rings. The van der Waals surface area contributed by atoms with Crippen LogP contribution in [0, 0.1) is 6.92 Å². The third-order valence-electron chi connectivity index (χ3n) is 3.97. The number of benzene rings is 1. The molecule has 20 heavy (non-hydrogen) atoms. The normalized spacial score (nSPS) is 16.2. The molecule has 1 fully saturated rings. The minimum atomic E-state index is 0.266. The summed E-state index contributed by atoms with van der Waals surface area (Å²) in [5, 5.41) is 3.34. The number of para-hydroxylation sites is 1. The quantitative estimate of drug-likeness (QED) is 0.892. The Bertz CT molecular complexity index is 439. The van der Waals surface area contributed by atoms with Crippen molar-refractivity contribution in [3.63, 3.8) is 0 Å². The topological polar surface area (TPSA) is 35.6 Å². The van der Waals surface area contributed by atoms with E-state index in [-0.39, 0.29) is 5.91 Å². The van der Waals surface area contributed by atoms with Crippen LogP contribution in [0.5, 0.6) is 0 Å². The molecule has 0 radical (unpaired) electrons. The lowest BCUT2D eigenvalue weighted by molar-refractivity contribution is -0.132. The van der Waals surface area contributed by atoms with Crippen LogP contribution in [0.1, 0.15) is 18.9 Å². The highest BCUT2D eigenvalue weighted by molar-refractivity contribution is 5.77. The van der Waals surface area contributed by atoms with Crippen LogP contribution in [0.25, 0.3) is 0 Å². The summed E-state index contributed by atoms with van der Waals surface area (Å²) in [6, 6.07) is 8.17. The number of anilines is 1. The summed E-state index contributed by atoms with van der Waals surface area (Å²) in [5.41, 5.74) is 2.34. The fraction of sp³-hybridized carbons (Fsp3) is 0.562. The van der Waals surface area contributed by atoms with E-state index in [1.54, 1.807) is 0 Å². The highest BCUT2D eigenvalue weighted by Crippen LogP contribution is 2.13. The van der Waals surface area contributed by atoms with Crippen molar-refractivity contribution in [3.8, 4) is 0 Å². The second-order valence-electron chi connectivity index (χ2n) is 5.31. The molecule has 0 unspecified atom stereocenters. The molecule has 110 valence electrons. The molecule has 0 aliphatic carbocycles. The van der Waals surface area contributed by atoms with E-state index < -0.39 is 0 Å². The predicted molar refractivity (Wildman–Crippen MR) is 83.0 cm³/mol. The number of hydrogen-bond acceptors (Lipinski definition) is 3. The van der Waals surface area contributed by atoms with Gasteiger partial charge in [0.2, 0.25) is 5.91 Å². The zero-order valence-corrected chi connectivity index (χ0v) is 12.6. The van der Waals surface area contributed by atoms with Gasteiger partial charge in [-0.25, -0.2) is 0 Å². The molecule has 1 aromatic carbocycles. The minimum absolute atomic E-state index is 0.266. The molecule has 0 bridgehead atoms. The average molecular weight is 275 g/mol. The van der Waals surface area contributed by atoms with Crippen molar-refractivity contribution < 1.29 is 4.79 Å². The summed E-state index contributed by atoms with van der Waals surface area (Å²) in [4.78, 5) is 16.5. The highest BCUT2D eigenvalue weighted by atomic mass is 16.2. The van der Waals surface area contributed by atoms with Crippen LogP contribution >= 0.6 is 0 Å². The first-order valence-electron chi connectivity index (χ1n) is 7.50. The Morgan fingerprint density at radius 1 is 1.20 bits per heavy atom. The van der Waals surface area contributed by atoms with Crippen LogP contribution in [0.15, 0.2) is 24.3 Å². The monoisotopic (exact) mass is 275 g/mol. The third-order valence-corrected chi connectivity index (χ3v) is 3.97. The molecule has 2 rings (SSSR count). The SMILES string of the molecule is CCN1CCN(C(=O)CCNc2ccccc2C)CC1. The number of carbonyl (C=O) groups excluding carboxylic acids is 1. The van der Waals surface area contributed by atoms with Gasteiger partial charge in [-0.05, 0) is 25.1 Å². The molecule has 0 aromatic heterocycles. The Balaban J connectivity index is 1.72. The van der Waals surface area contributed by atoms with E-state index in [4.69, 9.17) is 0 Å². The number of carbonyl (C=O) groups is 1. The van der Waals surface area contributed by atoms with Gasteiger partial charge in [-0.3, -0.25) is 4.79 Å². The number of nitrogens with zero attached hydrogens (tertiary/aromatic N) is 2. The second kappa shape index (κ2) is 7.29. The molecular formula is C16H25N3O. The molecule has 1 heterocycles. The molecule has 1 aliphatic rings. The molecule has 1 amide bonds. The Labute approximate surface area is 121 Å². The van der Waals surface area contributed by atoms with Crippen molar-refractivity contribution >= 4 is 11.6 Å². The maximum Gasteiger partial charge on any atom is 0.224 e. The summed E-state index contributed by atoms with van der Waals surface area (Å²) in [5.74, 6) is 0.266. The average Bonchev–Trinajstić information content (AvgIpc) is 2.49. The van der Waals surface area contributed by atoms with E-state index in [9.17, 15) is 4.79 Å². The number of rotatable bonds is 5. The maximum atomic E-state index is 12.1. The molecule has 0 saturated carbocycles. The molecule has 0 atom stereocenters. The zero-order valence-electron chi connectivity index (χ0n) is 12.6. The molecule has 1 N–H and O–H groups in total. The van der Waals surface area contributed by atoms with Gasteiger partial charge in [-0.2, -0.15) is 0 Å². The van der Waals surface area contributed by atoms with Gasteiger partial charge in [0.15, 0.2) is 0 Å². The van der Waals surface area contributed by atoms with Gasteiger partial charge < -0.3 is 15.1 Å². The van der Waals surface area contributed by atoms with Crippen LogP contribution in [0.3, 0.4) is 0 Å². The fourth-order valence-electron chi connectivity index (χ4n) is 2.55. The van der Waals surface area contributed by atoms with Crippen LogP contribution in [-0.2, 0) is 4.79 Å². The van der Waals surface area contributed by atoms with E-state index >= 15 is 0 Å². The van der Waals surface area contributed by atoms with Crippen LogP contribution < -0.4 is 5.32 Å². The van der Waals surface area contributed by atoms with Crippen molar-refractivity contribution in [1.82, 2.24) is 9.80 Å². The first-order chi connectivity index (χ1) is 9.70. The van der Waals surface area contributed by atoms with Crippen molar-refractivity contribution in [2.45, 2.75) is 20.3 Å². The first-order valence-corrected chi connectivity index (χ1v) is 7.50. The third kappa shape index (κ3) is 3.97. The summed E-state index contributed by atoms with van der Waals surface area (Å²) in [6.07, 6.45) is 0.570. The Morgan fingerprint density at radius 3 is 2.55 bits per heavy atom. The van der Waals surface area contributed by atoms with E-state index in [2.05, 4.69) is 36.2 Å². The predicted octanol–water partition coefficient (Wildman–Crippen LogP) is 1.96. The van der Waals surface area contributed by atoms with Crippen LogP contribution in [-0.4, -0.2) is 55.0 Å². The van der Waals surface area contributed by atoms with E-state index in [0.717, 1.165) is 38.4 Å². The second-order valence-corrected chi connectivity index (χ2v) is 5.31. The van der Waals surface area contributed by atoms with E-state index in [0.29, 0.717) is 13.0 Å². The first kappa shape index (κ1) is 14.9. The van der Waals surface area contributed by atoms with Gasteiger partial charge in [0.05, 0.1) is 0 Å². The summed E-state index contributed by atoms with van der Waals surface area (Å²) < 4.78 is 0. The van der Waals surface area contributed by atoms with Gasteiger partial charge in [0.25, 0.3) is 0 Å². The number of piperazine rings is 1. The lowest BCUT2D eigenvalue weighted by Crippen LogP contribution is -2.48. The van der Waals surface area contributed by atoms with E-state index in [1.807, 2.05) is 17.0 Å². The largest absolute Gasteiger partial charge is 0.384 e. The van der Waals surface area contributed by atoms with Crippen LogP contribution in [0.4, 0.5) is 5.69 Å². The smallest absolute Gasteiger partial charge is 0.224 e. The molecule has 1 aliphatic heterocycles. The van der Waals surface area contributed by atoms with Crippen molar-refractivity contribution in [2.75, 3.05) is 44.6 Å². The van der Waals surface area contributed by atoms with Gasteiger partial charge in [-0.15, -0.1) is 0 Å². The highest BCUT2D eigenvalue weighted by Gasteiger charge is 2.19. The summed E-state index contributed by atoms with van der Waals surface area (Å²) >= 11 is 0. The maximum absolute atomic E-state index is 12.1. The summed E-state index contributed by atoms with van der Waals surface area (Å²) in [6.45, 7) is 9.79. The fourth-order valence-corrected chi connectivity index (χ4v) is 2.55. The van der Waals surface area contributed by atoms with Crippen molar-refractivity contribution in [2.24, 2.45) is 0 Å². The molecule has 1 saturated heterocycles.